The molecule has 1 saturated heterocycles. The zero-order valence-electron chi connectivity index (χ0n) is 13.6. The van der Waals surface area contributed by atoms with Crippen molar-refractivity contribution in [1.82, 2.24) is 4.90 Å². The van der Waals surface area contributed by atoms with E-state index in [0.29, 0.717) is 5.96 Å². The van der Waals surface area contributed by atoms with E-state index in [4.69, 9.17) is 11.1 Å². The molecule has 1 heterocycles. The summed E-state index contributed by atoms with van der Waals surface area (Å²) in [5.41, 5.74) is 10.5. The summed E-state index contributed by atoms with van der Waals surface area (Å²) in [6, 6.07) is 8.73. The number of benzene rings is 1. The van der Waals surface area contributed by atoms with E-state index in [0.717, 1.165) is 44.5 Å². The molecule has 1 aliphatic carbocycles. The van der Waals surface area contributed by atoms with Crippen LogP contribution in [-0.2, 0) is 6.42 Å². The lowest BCUT2D eigenvalue weighted by Gasteiger charge is -2.42. The van der Waals surface area contributed by atoms with Gasteiger partial charge in [-0.25, -0.2) is 4.99 Å². The molecule has 0 aromatic heterocycles. The van der Waals surface area contributed by atoms with Gasteiger partial charge in [0.05, 0.1) is 0 Å². The highest BCUT2D eigenvalue weighted by Crippen LogP contribution is 2.50. The van der Waals surface area contributed by atoms with Gasteiger partial charge in [0.2, 0.25) is 5.96 Å². The summed E-state index contributed by atoms with van der Waals surface area (Å²) in [6.07, 6.45) is 4.08. The van der Waals surface area contributed by atoms with Crippen LogP contribution in [0, 0.1) is 10.8 Å². The Morgan fingerprint density at radius 2 is 2.05 bits per heavy atom. The summed E-state index contributed by atoms with van der Waals surface area (Å²) >= 11 is 0. The number of likely N-dealkylation sites (tertiary alicyclic amines) is 1. The van der Waals surface area contributed by atoms with E-state index >= 15 is 0 Å². The smallest absolute Gasteiger partial charge is 0.217 e. The van der Waals surface area contributed by atoms with Crippen molar-refractivity contribution in [2.24, 2.45) is 16.1 Å². The average Bonchev–Trinajstić information content (AvgIpc) is 2.80. The van der Waals surface area contributed by atoms with E-state index < -0.39 is 0 Å². The molecule has 3 N–H and O–H groups in total. The fourth-order valence-corrected chi connectivity index (χ4v) is 3.80. The van der Waals surface area contributed by atoms with Crippen molar-refractivity contribution in [2.45, 2.75) is 45.6 Å². The molecule has 1 fully saturated rings. The maximum Gasteiger partial charge on any atom is 0.217 e. The normalized spacial score (nSPS) is 23.7. The van der Waals surface area contributed by atoms with Gasteiger partial charge in [0, 0.05) is 24.8 Å². The third kappa shape index (κ3) is 2.56. The van der Waals surface area contributed by atoms with E-state index in [2.05, 4.69) is 41.1 Å². The molecule has 22 heavy (non-hydrogen) atoms. The van der Waals surface area contributed by atoms with Gasteiger partial charge >= 0.3 is 0 Å². The van der Waals surface area contributed by atoms with E-state index in [1.54, 1.807) is 0 Å². The number of rotatable bonds is 1. The summed E-state index contributed by atoms with van der Waals surface area (Å²) < 4.78 is 0. The van der Waals surface area contributed by atoms with E-state index in [-0.39, 0.29) is 11.5 Å². The van der Waals surface area contributed by atoms with Crippen molar-refractivity contribution in [3.05, 3.63) is 35.4 Å². The minimum absolute atomic E-state index is 0.140. The minimum Gasteiger partial charge on any atom is -0.341 e. The standard InChI is InChI=1S/C18H26N4/c1-3-13(2)21-17(20)22-10-8-18(9-11-22)12-14-6-4-5-7-15(14)16(18)19/h4-7,16,20H,3,8-12,19H2,1-2H3/t16-/m1/s1. The summed E-state index contributed by atoms with van der Waals surface area (Å²) in [5, 5.41) is 8.16. The molecule has 118 valence electrons. The van der Waals surface area contributed by atoms with Crippen LogP contribution in [0.4, 0.5) is 0 Å². The van der Waals surface area contributed by atoms with Gasteiger partial charge in [0.1, 0.15) is 0 Å². The molecule has 1 aromatic carbocycles. The van der Waals surface area contributed by atoms with Gasteiger partial charge in [0.25, 0.3) is 0 Å². The lowest BCUT2D eigenvalue weighted by molar-refractivity contribution is 0.126. The Morgan fingerprint density at radius 3 is 2.68 bits per heavy atom. The quantitative estimate of drug-likeness (QED) is 0.618. The minimum atomic E-state index is 0.140. The molecule has 0 radical (unpaired) electrons. The Balaban J connectivity index is 1.69. The molecule has 1 aromatic rings. The molecule has 0 amide bonds. The number of hydrogen-bond donors (Lipinski definition) is 2. The lowest BCUT2D eigenvalue weighted by atomic mass is 9.73. The molecule has 1 aliphatic heterocycles. The topological polar surface area (TPSA) is 65.5 Å². The average molecular weight is 298 g/mol. The Hall–Kier alpha value is -1.68. The molecule has 0 saturated carbocycles. The first kappa shape index (κ1) is 15.2. The lowest BCUT2D eigenvalue weighted by Crippen LogP contribution is -2.46. The fourth-order valence-electron chi connectivity index (χ4n) is 3.80. The predicted octanol–water partition coefficient (Wildman–Crippen LogP) is 3.13. The van der Waals surface area contributed by atoms with Crippen molar-refractivity contribution >= 4 is 11.7 Å². The second-order valence-electron chi connectivity index (χ2n) is 6.73. The van der Waals surface area contributed by atoms with Gasteiger partial charge in [-0.2, -0.15) is 0 Å². The first-order valence-corrected chi connectivity index (χ1v) is 8.27. The predicted molar refractivity (Wildman–Crippen MR) is 91.4 cm³/mol. The summed E-state index contributed by atoms with van der Waals surface area (Å²) in [7, 11) is 0. The van der Waals surface area contributed by atoms with E-state index in [1.807, 2.05) is 6.92 Å². The van der Waals surface area contributed by atoms with Crippen molar-refractivity contribution in [3.8, 4) is 0 Å². The number of guanidine groups is 1. The Kier molecular flexibility index (Phi) is 4.04. The molecule has 2 aliphatic rings. The Bertz CT molecular complexity index is 597. The maximum atomic E-state index is 8.16. The van der Waals surface area contributed by atoms with Gasteiger partial charge in [-0.1, -0.05) is 31.2 Å². The second-order valence-corrected chi connectivity index (χ2v) is 6.73. The van der Waals surface area contributed by atoms with Gasteiger partial charge in [-0.15, -0.1) is 0 Å². The van der Waals surface area contributed by atoms with Gasteiger partial charge in [0.15, 0.2) is 0 Å². The molecule has 4 heteroatoms. The monoisotopic (exact) mass is 298 g/mol. The summed E-state index contributed by atoms with van der Waals surface area (Å²) in [5.74, 6) is 0.415. The summed E-state index contributed by atoms with van der Waals surface area (Å²) in [6.45, 7) is 5.84. The molecule has 4 nitrogen and oxygen atoms in total. The van der Waals surface area contributed by atoms with Crippen LogP contribution in [0.1, 0.15) is 50.3 Å². The number of nitrogens with two attached hydrogens (primary N) is 1. The van der Waals surface area contributed by atoms with Crippen LogP contribution in [0.15, 0.2) is 29.3 Å². The number of fused-ring (bicyclic) bond motifs is 1. The van der Waals surface area contributed by atoms with Crippen molar-refractivity contribution < 1.29 is 0 Å². The van der Waals surface area contributed by atoms with Crippen molar-refractivity contribution in [2.75, 3.05) is 13.1 Å². The van der Waals surface area contributed by atoms with Crippen molar-refractivity contribution in [3.63, 3.8) is 0 Å². The fraction of sp³-hybridized carbons (Fsp3) is 0.556. The number of nitrogens with one attached hydrogen (secondary N) is 1. The Morgan fingerprint density at radius 1 is 1.36 bits per heavy atom. The number of hydrogen-bond acceptors (Lipinski definition) is 2. The van der Waals surface area contributed by atoms with Crippen molar-refractivity contribution in [1.29, 1.82) is 5.41 Å². The maximum absolute atomic E-state index is 8.16. The van der Waals surface area contributed by atoms with Crippen LogP contribution in [0.25, 0.3) is 0 Å². The highest BCUT2D eigenvalue weighted by atomic mass is 15.3. The van der Waals surface area contributed by atoms with Crippen LogP contribution in [0.3, 0.4) is 0 Å². The van der Waals surface area contributed by atoms with Crippen LogP contribution in [-0.4, -0.2) is 29.7 Å². The zero-order valence-corrected chi connectivity index (χ0v) is 13.6. The first-order valence-electron chi connectivity index (χ1n) is 8.27. The van der Waals surface area contributed by atoms with E-state index in [9.17, 15) is 0 Å². The third-order valence-corrected chi connectivity index (χ3v) is 5.46. The third-order valence-electron chi connectivity index (χ3n) is 5.46. The zero-order chi connectivity index (χ0) is 15.7. The van der Waals surface area contributed by atoms with E-state index in [1.165, 1.54) is 11.1 Å². The number of piperidine rings is 1. The number of nitrogens with zero attached hydrogens (tertiary/aromatic N) is 2. The first-order chi connectivity index (χ1) is 10.6. The van der Waals surface area contributed by atoms with Crippen LogP contribution in [0.5, 0.6) is 0 Å². The van der Waals surface area contributed by atoms with Crippen LogP contribution >= 0.6 is 0 Å². The van der Waals surface area contributed by atoms with Gasteiger partial charge < -0.3 is 10.6 Å². The highest BCUT2D eigenvalue weighted by Gasteiger charge is 2.45. The number of aliphatic imine (C=N–C) groups is 1. The van der Waals surface area contributed by atoms with Gasteiger partial charge in [-0.05, 0) is 49.1 Å². The Labute approximate surface area is 132 Å². The largest absolute Gasteiger partial charge is 0.341 e. The van der Waals surface area contributed by atoms with Crippen LogP contribution in [0.2, 0.25) is 0 Å². The van der Waals surface area contributed by atoms with Gasteiger partial charge in [-0.3, -0.25) is 5.41 Å². The highest BCUT2D eigenvalue weighted by molar-refractivity contribution is 5.94. The molecule has 1 atom stereocenters. The molecule has 0 bridgehead atoms. The SMILES string of the molecule is CCC(C)=NC(=N)N1CCC2(CC1)Cc1ccccc1[C@H]2N. The van der Waals surface area contributed by atoms with Crippen LogP contribution < -0.4 is 5.73 Å². The molecule has 1 spiro atoms. The molecular formula is C18H26N4. The summed E-state index contributed by atoms with van der Waals surface area (Å²) in [4.78, 5) is 6.48. The molecule has 0 unspecified atom stereocenters. The molecule has 3 rings (SSSR count). The second kappa shape index (κ2) is 5.84. The molecular weight excluding hydrogens is 272 g/mol.